The summed E-state index contributed by atoms with van der Waals surface area (Å²) < 4.78 is 7.00. The number of rotatable bonds is 6. The van der Waals surface area contributed by atoms with Gasteiger partial charge in [-0.2, -0.15) is 0 Å². The molecular weight excluding hydrogens is 242 g/mol. The van der Waals surface area contributed by atoms with Crippen LogP contribution in [0.2, 0.25) is 0 Å². The van der Waals surface area contributed by atoms with Gasteiger partial charge in [-0.3, -0.25) is 0 Å². The van der Waals surface area contributed by atoms with Gasteiger partial charge in [-0.25, -0.2) is 0 Å². The van der Waals surface area contributed by atoms with Gasteiger partial charge >= 0.3 is 0 Å². The van der Waals surface area contributed by atoms with Crippen molar-refractivity contribution in [2.75, 3.05) is 13.7 Å². The summed E-state index contributed by atoms with van der Waals surface area (Å²) in [6.45, 7) is 3.19. The van der Waals surface area contributed by atoms with Crippen LogP contribution in [0.3, 0.4) is 0 Å². The van der Waals surface area contributed by atoms with E-state index in [9.17, 15) is 5.11 Å². The largest absolute Gasteiger partial charge is 0.388 e. The lowest BCUT2D eigenvalue weighted by Gasteiger charge is -2.09. The minimum atomic E-state index is -0.107. The van der Waals surface area contributed by atoms with E-state index in [1.165, 1.54) is 11.1 Å². The molecule has 0 saturated heterocycles. The molecule has 0 bridgehead atoms. The van der Waals surface area contributed by atoms with Crippen molar-refractivity contribution in [1.29, 1.82) is 0 Å². The third kappa shape index (κ3) is 3.39. The molecule has 0 fully saturated rings. The second-order valence-electron chi connectivity index (χ2n) is 4.50. The molecule has 0 unspecified atom stereocenters. The third-order valence-electron chi connectivity index (χ3n) is 3.01. The summed E-state index contributed by atoms with van der Waals surface area (Å²) >= 11 is 0. The molecule has 0 aliphatic carbocycles. The van der Waals surface area contributed by atoms with Gasteiger partial charge in [-0.05, 0) is 12.5 Å². The molecule has 1 aromatic heterocycles. The lowest BCUT2D eigenvalue weighted by Crippen LogP contribution is -2.12. The molecule has 5 heteroatoms. The minimum absolute atomic E-state index is 0.107. The first-order valence-electron chi connectivity index (χ1n) is 6.31. The first-order chi connectivity index (χ1) is 9.24. The smallest absolute Gasteiger partial charge is 0.158 e. The predicted molar refractivity (Wildman–Crippen MR) is 71.8 cm³/mol. The van der Waals surface area contributed by atoms with E-state index >= 15 is 0 Å². The standard InChI is InChI=1S/C14H19N3O2/c1-11-4-3-5-12(8-11)9-13-15-16-14(10-18)17(13)6-7-19-2/h3-5,8,18H,6-7,9-10H2,1-2H3. The molecule has 0 radical (unpaired) electrons. The van der Waals surface area contributed by atoms with Crippen molar-refractivity contribution < 1.29 is 9.84 Å². The summed E-state index contributed by atoms with van der Waals surface area (Å²) in [7, 11) is 1.66. The molecular formula is C14H19N3O2. The highest BCUT2D eigenvalue weighted by Gasteiger charge is 2.11. The zero-order valence-corrected chi connectivity index (χ0v) is 11.3. The van der Waals surface area contributed by atoms with E-state index in [-0.39, 0.29) is 6.61 Å². The average Bonchev–Trinajstić information content (AvgIpc) is 2.78. The number of aliphatic hydroxyl groups excluding tert-OH is 1. The Morgan fingerprint density at radius 3 is 2.74 bits per heavy atom. The summed E-state index contributed by atoms with van der Waals surface area (Å²) in [6, 6.07) is 8.31. The number of aromatic nitrogens is 3. The average molecular weight is 261 g/mol. The van der Waals surface area contributed by atoms with Gasteiger partial charge in [0.05, 0.1) is 6.61 Å². The lowest BCUT2D eigenvalue weighted by atomic mass is 10.1. The highest BCUT2D eigenvalue weighted by molar-refractivity contribution is 5.25. The molecule has 5 nitrogen and oxygen atoms in total. The second kappa shape index (κ2) is 6.45. The highest BCUT2D eigenvalue weighted by atomic mass is 16.5. The van der Waals surface area contributed by atoms with Crippen LogP contribution in [0.5, 0.6) is 0 Å². The van der Waals surface area contributed by atoms with Gasteiger partial charge in [0.1, 0.15) is 12.4 Å². The van der Waals surface area contributed by atoms with Crippen LogP contribution in [0, 0.1) is 6.92 Å². The molecule has 1 aromatic carbocycles. The number of benzene rings is 1. The van der Waals surface area contributed by atoms with Crippen LogP contribution < -0.4 is 0 Å². The van der Waals surface area contributed by atoms with Crippen LogP contribution >= 0.6 is 0 Å². The van der Waals surface area contributed by atoms with Gasteiger partial charge in [0.2, 0.25) is 0 Å². The monoisotopic (exact) mass is 261 g/mol. The second-order valence-corrected chi connectivity index (χ2v) is 4.50. The molecule has 19 heavy (non-hydrogen) atoms. The van der Waals surface area contributed by atoms with Gasteiger partial charge in [-0.1, -0.05) is 29.8 Å². The Kier molecular flexibility index (Phi) is 4.65. The van der Waals surface area contributed by atoms with Crippen molar-refractivity contribution in [3.8, 4) is 0 Å². The van der Waals surface area contributed by atoms with Crippen LogP contribution in [0.4, 0.5) is 0 Å². The van der Waals surface area contributed by atoms with Gasteiger partial charge in [0.15, 0.2) is 5.82 Å². The first-order valence-corrected chi connectivity index (χ1v) is 6.31. The Morgan fingerprint density at radius 1 is 1.26 bits per heavy atom. The Morgan fingerprint density at radius 2 is 2.05 bits per heavy atom. The van der Waals surface area contributed by atoms with Crippen molar-refractivity contribution in [2.45, 2.75) is 26.5 Å². The van der Waals surface area contributed by atoms with Crippen LogP contribution in [0.1, 0.15) is 22.8 Å². The fourth-order valence-corrected chi connectivity index (χ4v) is 2.07. The SMILES string of the molecule is COCCn1c(CO)nnc1Cc1cccc(C)c1. The Hall–Kier alpha value is -1.72. The first kappa shape index (κ1) is 13.7. The molecule has 1 heterocycles. The van der Waals surface area contributed by atoms with Crippen molar-refractivity contribution >= 4 is 0 Å². The van der Waals surface area contributed by atoms with E-state index in [2.05, 4.69) is 35.3 Å². The molecule has 0 spiro atoms. The summed E-state index contributed by atoms with van der Waals surface area (Å²) in [5.74, 6) is 1.44. The Balaban J connectivity index is 2.21. The summed E-state index contributed by atoms with van der Waals surface area (Å²) in [5, 5.41) is 17.5. The number of ether oxygens (including phenoxy) is 1. The number of aryl methyl sites for hydroxylation is 1. The summed E-state index contributed by atoms with van der Waals surface area (Å²) in [4.78, 5) is 0. The maximum atomic E-state index is 9.28. The molecule has 2 rings (SSSR count). The lowest BCUT2D eigenvalue weighted by molar-refractivity contribution is 0.181. The molecule has 0 aliphatic rings. The van der Waals surface area contributed by atoms with Gasteiger partial charge in [0, 0.05) is 20.1 Å². The number of methoxy groups -OCH3 is 1. The fraction of sp³-hybridized carbons (Fsp3) is 0.429. The fourth-order valence-electron chi connectivity index (χ4n) is 2.07. The van der Waals surface area contributed by atoms with Crippen molar-refractivity contribution in [1.82, 2.24) is 14.8 Å². The van der Waals surface area contributed by atoms with Crippen molar-refractivity contribution in [3.05, 3.63) is 47.0 Å². The van der Waals surface area contributed by atoms with Gasteiger partial charge in [0.25, 0.3) is 0 Å². The number of hydrogen-bond donors (Lipinski definition) is 1. The highest BCUT2D eigenvalue weighted by Crippen LogP contribution is 2.11. The normalized spacial score (nSPS) is 10.9. The molecule has 0 saturated carbocycles. The van der Waals surface area contributed by atoms with E-state index in [1.54, 1.807) is 7.11 Å². The molecule has 0 atom stereocenters. The maximum absolute atomic E-state index is 9.28. The van der Waals surface area contributed by atoms with Crippen molar-refractivity contribution in [3.63, 3.8) is 0 Å². The number of nitrogens with zero attached hydrogens (tertiary/aromatic N) is 3. The quantitative estimate of drug-likeness (QED) is 0.852. The van der Waals surface area contributed by atoms with E-state index in [4.69, 9.17) is 4.74 Å². The summed E-state index contributed by atoms with van der Waals surface area (Å²) in [6.07, 6.45) is 0.707. The molecule has 1 N–H and O–H groups in total. The van der Waals surface area contributed by atoms with E-state index in [1.807, 2.05) is 10.6 Å². The Labute approximate surface area is 112 Å². The van der Waals surface area contributed by atoms with E-state index in [0.717, 1.165) is 5.82 Å². The van der Waals surface area contributed by atoms with Crippen LogP contribution in [-0.2, 0) is 24.3 Å². The molecule has 0 amide bonds. The van der Waals surface area contributed by atoms with E-state index < -0.39 is 0 Å². The molecule has 2 aromatic rings. The number of aliphatic hydroxyl groups is 1. The number of hydrogen-bond acceptors (Lipinski definition) is 4. The third-order valence-corrected chi connectivity index (χ3v) is 3.01. The topological polar surface area (TPSA) is 60.2 Å². The maximum Gasteiger partial charge on any atom is 0.158 e. The van der Waals surface area contributed by atoms with Gasteiger partial charge in [-0.15, -0.1) is 10.2 Å². The van der Waals surface area contributed by atoms with Crippen LogP contribution in [0.25, 0.3) is 0 Å². The zero-order valence-electron chi connectivity index (χ0n) is 11.3. The predicted octanol–water partition coefficient (Wildman–Crippen LogP) is 1.32. The Bertz CT molecular complexity index is 537. The van der Waals surface area contributed by atoms with Crippen LogP contribution in [0.15, 0.2) is 24.3 Å². The molecule has 102 valence electrons. The molecule has 0 aliphatic heterocycles. The zero-order chi connectivity index (χ0) is 13.7. The minimum Gasteiger partial charge on any atom is -0.388 e. The van der Waals surface area contributed by atoms with Gasteiger partial charge < -0.3 is 14.4 Å². The summed E-state index contributed by atoms with van der Waals surface area (Å²) in [5.41, 5.74) is 2.42. The van der Waals surface area contributed by atoms with Crippen LogP contribution in [-0.4, -0.2) is 33.6 Å². The van der Waals surface area contributed by atoms with E-state index in [0.29, 0.717) is 25.4 Å². The van der Waals surface area contributed by atoms with Crippen molar-refractivity contribution in [2.24, 2.45) is 0 Å².